The largest absolute Gasteiger partial charge is 0.394 e. The van der Waals surface area contributed by atoms with Crippen LogP contribution in [0.15, 0.2) is 36.5 Å². The van der Waals surface area contributed by atoms with Crippen molar-refractivity contribution >= 4 is 5.91 Å². The summed E-state index contributed by atoms with van der Waals surface area (Å²) in [6.07, 6.45) is 40.4. The van der Waals surface area contributed by atoms with Crippen LogP contribution in [-0.4, -0.2) is 140 Å². The summed E-state index contributed by atoms with van der Waals surface area (Å²) in [5.74, 6) is -0.249. The van der Waals surface area contributed by atoms with Crippen molar-refractivity contribution in [2.45, 2.75) is 325 Å². The van der Waals surface area contributed by atoms with E-state index in [0.29, 0.717) is 12.8 Å². The molecule has 12 unspecified atom stereocenters. The van der Waals surface area contributed by atoms with E-state index < -0.39 is 86.8 Å². The highest BCUT2D eigenvalue weighted by Crippen LogP contribution is 2.30. The fourth-order valence-corrected chi connectivity index (χ4v) is 10.1. The molecular formula is C61H113NO13. The van der Waals surface area contributed by atoms with Gasteiger partial charge in [-0.15, -0.1) is 0 Å². The van der Waals surface area contributed by atoms with Crippen LogP contribution in [0.5, 0.6) is 0 Å². The Morgan fingerprint density at radius 2 is 0.853 bits per heavy atom. The SMILES string of the molecule is CCCCCCCCCC/C=C\CCCCCCCCCCCC(=O)NC(COC1OC(CO)C(OC2OC(CO)C(O)C(O)C2O)C(O)C1O)C(O)/C=C/CC/C=C/CCCCCCCCCCCCCCCC. The lowest BCUT2D eigenvalue weighted by Gasteiger charge is -2.46. The first-order valence-electron chi connectivity index (χ1n) is 30.7. The molecule has 14 heteroatoms. The minimum absolute atomic E-state index is 0.249. The molecule has 0 saturated carbocycles. The number of amides is 1. The van der Waals surface area contributed by atoms with Gasteiger partial charge >= 0.3 is 0 Å². The molecule has 2 fully saturated rings. The zero-order valence-corrected chi connectivity index (χ0v) is 47.3. The van der Waals surface area contributed by atoms with E-state index in [2.05, 4.69) is 43.5 Å². The summed E-state index contributed by atoms with van der Waals surface area (Å²) in [5, 5.41) is 87.1. The molecule has 0 aromatic carbocycles. The van der Waals surface area contributed by atoms with Crippen LogP contribution in [-0.2, 0) is 23.7 Å². The number of carbonyl (C=O) groups is 1. The molecule has 1 amide bonds. The highest BCUT2D eigenvalue weighted by molar-refractivity contribution is 5.76. The van der Waals surface area contributed by atoms with Gasteiger partial charge in [0.15, 0.2) is 12.6 Å². The molecule has 0 bridgehead atoms. The van der Waals surface area contributed by atoms with Crippen LogP contribution in [0.2, 0.25) is 0 Å². The lowest BCUT2D eigenvalue weighted by atomic mass is 9.97. The van der Waals surface area contributed by atoms with E-state index in [4.69, 9.17) is 18.9 Å². The first-order chi connectivity index (χ1) is 36.6. The van der Waals surface area contributed by atoms with Crippen molar-refractivity contribution in [2.24, 2.45) is 0 Å². The molecule has 2 aliphatic rings. The highest BCUT2D eigenvalue weighted by Gasteiger charge is 2.51. The average Bonchev–Trinajstić information content (AvgIpc) is 3.41. The van der Waals surface area contributed by atoms with Gasteiger partial charge < -0.3 is 65.1 Å². The fraction of sp³-hybridized carbons (Fsp3) is 0.885. The Bertz CT molecular complexity index is 1400. The molecule has 75 heavy (non-hydrogen) atoms. The maximum Gasteiger partial charge on any atom is 0.220 e. The summed E-state index contributed by atoms with van der Waals surface area (Å²) < 4.78 is 22.8. The van der Waals surface area contributed by atoms with Crippen molar-refractivity contribution in [1.82, 2.24) is 5.32 Å². The van der Waals surface area contributed by atoms with Gasteiger partial charge in [0.2, 0.25) is 5.91 Å². The summed E-state index contributed by atoms with van der Waals surface area (Å²) in [5.41, 5.74) is 0. The molecule has 2 saturated heterocycles. The summed E-state index contributed by atoms with van der Waals surface area (Å²) in [7, 11) is 0. The van der Waals surface area contributed by atoms with E-state index in [1.807, 2.05) is 6.08 Å². The van der Waals surface area contributed by atoms with Gasteiger partial charge in [0.05, 0.1) is 32.0 Å². The summed E-state index contributed by atoms with van der Waals surface area (Å²) >= 11 is 0. The van der Waals surface area contributed by atoms with E-state index in [1.165, 1.54) is 186 Å². The minimum atomic E-state index is -1.79. The van der Waals surface area contributed by atoms with Crippen molar-refractivity contribution in [3.63, 3.8) is 0 Å². The van der Waals surface area contributed by atoms with Crippen molar-refractivity contribution < 1.29 is 64.6 Å². The van der Waals surface area contributed by atoms with E-state index in [0.717, 1.165) is 32.1 Å². The van der Waals surface area contributed by atoms with Crippen LogP contribution in [0.3, 0.4) is 0 Å². The Kier molecular flexibility index (Phi) is 43.5. The molecule has 2 aliphatic heterocycles. The maximum atomic E-state index is 13.3. The highest BCUT2D eigenvalue weighted by atomic mass is 16.7. The monoisotopic (exact) mass is 1070 g/mol. The number of hydrogen-bond acceptors (Lipinski definition) is 13. The third-order valence-corrected chi connectivity index (χ3v) is 15.0. The van der Waals surface area contributed by atoms with Gasteiger partial charge in [0.25, 0.3) is 0 Å². The number of rotatable bonds is 49. The van der Waals surface area contributed by atoms with E-state index in [1.54, 1.807) is 6.08 Å². The van der Waals surface area contributed by atoms with Crippen molar-refractivity contribution in [1.29, 1.82) is 0 Å². The Morgan fingerprint density at radius 3 is 1.31 bits per heavy atom. The summed E-state index contributed by atoms with van der Waals surface area (Å²) in [6.45, 7) is 2.80. The number of allylic oxidation sites excluding steroid dienone is 5. The number of carbonyl (C=O) groups excluding carboxylic acids is 1. The van der Waals surface area contributed by atoms with Gasteiger partial charge in [-0.1, -0.05) is 224 Å². The predicted octanol–water partition coefficient (Wildman–Crippen LogP) is 10.6. The zero-order valence-electron chi connectivity index (χ0n) is 47.3. The van der Waals surface area contributed by atoms with E-state index in [-0.39, 0.29) is 18.9 Å². The van der Waals surface area contributed by atoms with Crippen molar-refractivity contribution in [2.75, 3.05) is 19.8 Å². The second kappa shape index (κ2) is 47.1. The lowest BCUT2D eigenvalue weighted by molar-refractivity contribution is -0.359. The number of nitrogens with one attached hydrogen (secondary N) is 1. The van der Waals surface area contributed by atoms with Crippen LogP contribution in [0.25, 0.3) is 0 Å². The third-order valence-electron chi connectivity index (χ3n) is 15.0. The molecule has 440 valence electrons. The standard InChI is InChI=1S/C61H113NO13/c1-3-5-7-9-11-13-15-17-19-21-23-25-27-29-31-33-35-37-39-41-43-45-53(66)62-49(50(65)44-42-40-38-36-34-32-30-28-26-24-22-20-18-16-14-12-10-8-6-4-2)48-72-60-58(71)56(69)59(52(47-64)74-60)75-61-57(70)55(68)54(67)51(46-63)73-61/h21,23,34,36,42,44,49-52,54-61,63-65,67-71H,3-20,22,24-33,35,37-41,43,45-48H2,1-2H3,(H,62,66)/b23-21-,36-34+,44-42+. The van der Waals surface area contributed by atoms with Crippen LogP contribution < -0.4 is 5.32 Å². The van der Waals surface area contributed by atoms with Crippen molar-refractivity contribution in [3.8, 4) is 0 Å². The lowest BCUT2D eigenvalue weighted by Crippen LogP contribution is -2.65. The number of aliphatic hydroxyl groups is 8. The predicted molar refractivity (Wildman–Crippen MR) is 300 cm³/mol. The molecule has 0 radical (unpaired) electrons. The van der Waals surface area contributed by atoms with Crippen LogP contribution in [0.1, 0.15) is 251 Å². The second-order valence-corrected chi connectivity index (χ2v) is 21.8. The first kappa shape index (κ1) is 69.3. The molecule has 0 spiro atoms. The molecule has 2 rings (SSSR count). The molecule has 0 aliphatic carbocycles. The van der Waals surface area contributed by atoms with Gasteiger partial charge in [-0.25, -0.2) is 0 Å². The molecular weight excluding hydrogens is 955 g/mol. The van der Waals surface area contributed by atoms with E-state index >= 15 is 0 Å². The number of hydrogen-bond donors (Lipinski definition) is 9. The van der Waals surface area contributed by atoms with Crippen LogP contribution in [0.4, 0.5) is 0 Å². The van der Waals surface area contributed by atoms with Gasteiger partial charge in [0.1, 0.15) is 48.8 Å². The quantitative estimate of drug-likeness (QED) is 0.0204. The van der Waals surface area contributed by atoms with Gasteiger partial charge in [-0.3, -0.25) is 4.79 Å². The van der Waals surface area contributed by atoms with Gasteiger partial charge in [-0.2, -0.15) is 0 Å². The maximum absolute atomic E-state index is 13.3. The number of ether oxygens (including phenoxy) is 4. The molecule has 14 nitrogen and oxygen atoms in total. The van der Waals surface area contributed by atoms with Gasteiger partial charge in [0, 0.05) is 6.42 Å². The molecule has 0 aromatic heterocycles. The number of aliphatic hydroxyl groups excluding tert-OH is 8. The summed E-state index contributed by atoms with van der Waals surface area (Å²) in [6, 6.07) is -0.932. The third kappa shape index (κ3) is 32.8. The Labute approximate surface area is 455 Å². The minimum Gasteiger partial charge on any atom is -0.394 e. The molecule has 9 N–H and O–H groups in total. The first-order valence-corrected chi connectivity index (χ1v) is 30.7. The summed E-state index contributed by atoms with van der Waals surface area (Å²) in [4.78, 5) is 13.3. The molecule has 2 heterocycles. The molecule has 0 aromatic rings. The Balaban J connectivity index is 1.78. The normalized spacial score (nSPS) is 25.3. The smallest absolute Gasteiger partial charge is 0.220 e. The van der Waals surface area contributed by atoms with Crippen LogP contribution >= 0.6 is 0 Å². The second-order valence-electron chi connectivity index (χ2n) is 21.8. The average molecular weight is 1070 g/mol. The number of unbranched alkanes of at least 4 members (excludes halogenated alkanes) is 32. The van der Waals surface area contributed by atoms with Crippen LogP contribution in [0, 0.1) is 0 Å². The topological polar surface area (TPSA) is 228 Å². The molecule has 12 atom stereocenters. The van der Waals surface area contributed by atoms with Crippen molar-refractivity contribution in [3.05, 3.63) is 36.5 Å². The van der Waals surface area contributed by atoms with E-state index in [9.17, 15) is 45.6 Å². The fourth-order valence-electron chi connectivity index (χ4n) is 10.1. The Morgan fingerprint density at radius 1 is 0.467 bits per heavy atom. The Hall–Kier alpha value is -1.79. The van der Waals surface area contributed by atoms with Gasteiger partial charge in [-0.05, 0) is 57.8 Å². The zero-order chi connectivity index (χ0) is 54.6.